The van der Waals surface area contributed by atoms with Crippen LogP contribution in [0.4, 0.5) is 4.79 Å². The molecule has 2 aliphatic heterocycles. The van der Waals surface area contributed by atoms with Crippen molar-refractivity contribution in [1.29, 1.82) is 0 Å². The van der Waals surface area contributed by atoms with Crippen molar-refractivity contribution in [1.82, 2.24) is 20.1 Å². The number of carbonyl (C=O) groups excluding carboxylic acids is 2. The van der Waals surface area contributed by atoms with Crippen LogP contribution in [0.3, 0.4) is 0 Å². The number of likely N-dealkylation sites (N-methyl/N-ethyl adjacent to an activating group) is 1. The van der Waals surface area contributed by atoms with Crippen LogP contribution in [0.25, 0.3) is 10.9 Å². The summed E-state index contributed by atoms with van der Waals surface area (Å²) in [6.45, 7) is 4.65. The molecule has 0 atom stereocenters. The third-order valence-corrected chi connectivity index (χ3v) is 5.75. The van der Waals surface area contributed by atoms with Crippen molar-refractivity contribution in [3.05, 3.63) is 35.9 Å². The third kappa shape index (κ3) is 2.92. The van der Waals surface area contributed by atoms with Gasteiger partial charge in [0.1, 0.15) is 5.54 Å². The minimum absolute atomic E-state index is 0.154. The maximum absolute atomic E-state index is 12.4. The Labute approximate surface area is 158 Å². The zero-order valence-electron chi connectivity index (χ0n) is 15.7. The lowest BCUT2D eigenvalue weighted by Crippen LogP contribution is -2.56. The Morgan fingerprint density at radius 2 is 1.96 bits per heavy atom. The summed E-state index contributed by atoms with van der Waals surface area (Å²) < 4.78 is 5.50. The van der Waals surface area contributed by atoms with Gasteiger partial charge in [-0.3, -0.25) is 15.0 Å². The fourth-order valence-electron chi connectivity index (χ4n) is 4.30. The molecule has 3 amide bonds. The van der Waals surface area contributed by atoms with Crippen molar-refractivity contribution in [3.8, 4) is 5.88 Å². The molecule has 1 aromatic carbocycles. The van der Waals surface area contributed by atoms with Crippen LogP contribution >= 0.6 is 0 Å². The molecule has 27 heavy (non-hydrogen) atoms. The molecule has 2 aromatic rings. The summed E-state index contributed by atoms with van der Waals surface area (Å²) in [7, 11) is 1.64. The van der Waals surface area contributed by atoms with Gasteiger partial charge in [0.15, 0.2) is 0 Å². The average Bonchev–Trinajstić information content (AvgIpc) is 2.91. The number of piperidine rings is 1. The normalized spacial score (nSPS) is 19.7. The molecular weight excluding hydrogens is 344 g/mol. The van der Waals surface area contributed by atoms with Gasteiger partial charge in [0.25, 0.3) is 5.91 Å². The topological polar surface area (TPSA) is 74.8 Å². The minimum Gasteiger partial charge on any atom is -0.481 e. The molecule has 0 unspecified atom stereocenters. The Morgan fingerprint density at radius 3 is 2.67 bits per heavy atom. The molecule has 1 N–H and O–H groups in total. The van der Waals surface area contributed by atoms with Gasteiger partial charge < -0.3 is 9.64 Å². The minimum atomic E-state index is -0.686. The van der Waals surface area contributed by atoms with Crippen molar-refractivity contribution < 1.29 is 14.3 Å². The molecule has 0 bridgehead atoms. The van der Waals surface area contributed by atoms with E-state index in [9.17, 15) is 9.59 Å². The molecule has 142 valence electrons. The number of nitrogens with one attached hydrogen (secondary N) is 1. The lowest BCUT2D eigenvalue weighted by molar-refractivity contribution is -0.129. The molecule has 4 rings (SSSR count). The fourth-order valence-corrected chi connectivity index (χ4v) is 4.30. The lowest BCUT2D eigenvalue weighted by Gasteiger charge is -2.41. The third-order valence-electron chi connectivity index (χ3n) is 5.75. The van der Waals surface area contributed by atoms with Crippen LogP contribution in [-0.4, -0.2) is 59.0 Å². The second kappa shape index (κ2) is 6.81. The van der Waals surface area contributed by atoms with Crippen molar-refractivity contribution in [2.75, 3.05) is 26.7 Å². The number of hydrogen-bond donors (Lipinski definition) is 1. The highest BCUT2D eigenvalue weighted by Gasteiger charge is 2.53. The largest absolute Gasteiger partial charge is 0.481 e. The van der Waals surface area contributed by atoms with E-state index in [2.05, 4.69) is 21.3 Å². The molecule has 1 aromatic heterocycles. The summed E-state index contributed by atoms with van der Waals surface area (Å²) in [5.74, 6) is 0.483. The number of ether oxygens (including phenoxy) is 1. The van der Waals surface area contributed by atoms with Gasteiger partial charge in [-0.05, 0) is 31.9 Å². The van der Waals surface area contributed by atoms with Gasteiger partial charge in [-0.2, -0.15) is 0 Å². The van der Waals surface area contributed by atoms with Crippen LogP contribution in [0.1, 0.15) is 25.3 Å². The number of rotatable bonds is 4. The second-order valence-corrected chi connectivity index (χ2v) is 7.16. The van der Waals surface area contributed by atoms with E-state index in [4.69, 9.17) is 4.74 Å². The molecule has 0 aliphatic carbocycles. The van der Waals surface area contributed by atoms with Gasteiger partial charge in [0, 0.05) is 37.1 Å². The van der Waals surface area contributed by atoms with Gasteiger partial charge in [0.05, 0.1) is 12.6 Å². The van der Waals surface area contributed by atoms with E-state index in [1.807, 2.05) is 31.2 Å². The van der Waals surface area contributed by atoms with Crippen LogP contribution in [0.2, 0.25) is 0 Å². The molecule has 0 saturated carbocycles. The fraction of sp³-hybridized carbons (Fsp3) is 0.450. The first-order chi connectivity index (χ1) is 13.1. The van der Waals surface area contributed by atoms with E-state index in [-0.39, 0.29) is 11.9 Å². The van der Waals surface area contributed by atoms with Gasteiger partial charge in [0.2, 0.25) is 5.88 Å². The maximum atomic E-state index is 12.4. The van der Waals surface area contributed by atoms with Crippen LogP contribution in [0, 0.1) is 0 Å². The number of pyridine rings is 1. The monoisotopic (exact) mass is 368 g/mol. The number of likely N-dealkylation sites (tertiary alicyclic amines) is 1. The molecule has 2 saturated heterocycles. The number of amides is 3. The van der Waals surface area contributed by atoms with Gasteiger partial charge in [-0.25, -0.2) is 9.78 Å². The molecule has 2 aliphatic rings. The Hall–Kier alpha value is -2.67. The first-order valence-electron chi connectivity index (χ1n) is 9.35. The maximum Gasteiger partial charge on any atom is 0.325 e. The summed E-state index contributed by atoms with van der Waals surface area (Å²) in [6.07, 6.45) is 1.28. The molecule has 0 radical (unpaired) electrons. The van der Waals surface area contributed by atoms with E-state index >= 15 is 0 Å². The number of aromatic nitrogens is 1. The number of urea groups is 1. The number of methoxy groups -OCH3 is 1. The van der Waals surface area contributed by atoms with Crippen molar-refractivity contribution in [3.63, 3.8) is 0 Å². The Bertz CT molecular complexity index is 890. The predicted molar refractivity (Wildman–Crippen MR) is 101 cm³/mol. The van der Waals surface area contributed by atoms with Crippen LogP contribution in [0.5, 0.6) is 5.88 Å². The van der Waals surface area contributed by atoms with Gasteiger partial charge in [-0.1, -0.05) is 18.2 Å². The number of benzene rings is 1. The first kappa shape index (κ1) is 17.7. The summed E-state index contributed by atoms with van der Waals surface area (Å²) in [6, 6.07) is 9.84. The molecule has 7 heteroatoms. The van der Waals surface area contributed by atoms with E-state index in [0.717, 1.165) is 29.6 Å². The standard InChI is InChI=1S/C20H24N4O3/c1-3-24-19(26)22-18(25)20(24)8-10-23(11-9-20)13-15-12-14-6-4-5-7-16(14)21-17(15)27-2/h4-7,12H,3,8-11,13H2,1-2H3,(H,22,25,26). The zero-order chi connectivity index (χ0) is 19.0. The van der Waals surface area contributed by atoms with Gasteiger partial charge >= 0.3 is 6.03 Å². The lowest BCUT2D eigenvalue weighted by atomic mass is 9.86. The number of nitrogens with zero attached hydrogens (tertiary/aromatic N) is 3. The van der Waals surface area contributed by atoms with Crippen molar-refractivity contribution in [2.45, 2.75) is 31.8 Å². The van der Waals surface area contributed by atoms with Crippen LogP contribution < -0.4 is 10.1 Å². The highest BCUT2D eigenvalue weighted by atomic mass is 16.5. The molecule has 1 spiro atoms. The Kier molecular flexibility index (Phi) is 4.47. The van der Waals surface area contributed by atoms with E-state index in [0.29, 0.717) is 31.8 Å². The Balaban J connectivity index is 1.52. The number of para-hydroxylation sites is 1. The SMILES string of the molecule is CCN1C(=O)NC(=O)C12CCN(Cc1cc3ccccc3nc1OC)CC2. The summed E-state index contributed by atoms with van der Waals surface area (Å²) in [5.41, 5.74) is 1.26. The average molecular weight is 368 g/mol. The first-order valence-corrected chi connectivity index (χ1v) is 9.35. The van der Waals surface area contributed by atoms with Crippen LogP contribution in [-0.2, 0) is 11.3 Å². The van der Waals surface area contributed by atoms with Crippen molar-refractivity contribution >= 4 is 22.8 Å². The van der Waals surface area contributed by atoms with E-state index in [1.165, 1.54) is 0 Å². The molecule has 2 fully saturated rings. The van der Waals surface area contributed by atoms with Crippen LogP contribution in [0.15, 0.2) is 30.3 Å². The van der Waals surface area contributed by atoms with Crippen molar-refractivity contribution in [2.24, 2.45) is 0 Å². The summed E-state index contributed by atoms with van der Waals surface area (Å²) in [4.78, 5) is 33.0. The highest BCUT2D eigenvalue weighted by molar-refractivity contribution is 6.07. The number of hydrogen-bond acceptors (Lipinski definition) is 5. The summed E-state index contributed by atoms with van der Waals surface area (Å²) in [5, 5.41) is 3.56. The summed E-state index contributed by atoms with van der Waals surface area (Å²) >= 11 is 0. The quantitative estimate of drug-likeness (QED) is 0.837. The second-order valence-electron chi connectivity index (χ2n) is 7.16. The molecule has 7 nitrogen and oxygen atoms in total. The zero-order valence-corrected chi connectivity index (χ0v) is 15.7. The van der Waals surface area contributed by atoms with E-state index in [1.54, 1.807) is 12.0 Å². The number of fused-ring (bicyclic) bond motifs is 1. The Morgan fingerprint density at radius 1 is 1.22 bits per heavy atom. The van der Waals surface area contributed by atoms with E-state index < -0.39 is 5.54 Å². The van der Waals surface area contributed by atoms with Gasteiger partial charge in [-0.15, -0.1) is 0 Å². The number of carbonyl (C=O) groups is 2. The number of imide groups is 1. The predicted octanol–water partition coefficient (Wildman–Crippen LogP) is 2.15. The highest BCUT2D eigenvalue weighted by Crippen LogP contribution is 2.34. The smallest absolute Gasteiger partial charge is 0.325 e. The molecule has 3 heterocycles. The molecular formula is C20H24N4O3.